The van der Waals surface area contributed by atoms with E-state index < -0.39 is 15.9 Å². The second-order valence-electron chi connectivity index (χ2n) is 5.75. The Balaban J connectivity index is 2.63. The Morgan fingerprint density at radius 1 is 1.05 bits per heavy atom. The summed E-state index contributed by atoms with van der Waals surface area (Å²) in [4.78, 5) is 0. The molecule has 1 aromatic rings. The van der Waals surface area contributed by atoms with E-state index >= 15 is 0 Å². The molecule has 1 atom stereocenters. The topological polar surface area (TPSA) is 60.2 Å². The van der Waals surface area contributed by atoms with Gasteiger partial charge in [-0.15, -0.1) is 0 Å². The molecule has 1 aromatic carbocycles. The molecule has 2 N–H and O–H groups in total. The molecular formula is C16H27NO2S. The fourth-order valence-corrected chi connectivity index (χ4v) is 3.70. The molecule has 1 unspecified atom stereocenters. The van der Waals surface area contributed by atoms with Crippen LogP contribution in [0.1, 0.15) is 63.1 Å². The molecule has 1 rings (SSSR count). The van der Waals surface area contributed by atoms with Crippen LogP contribution in [-0.2, 0) is 9.84 Å². The Labute approximate surface area is 123 Å². The zero-order valence-corrected chi connectivity index (χ0v) is 13.6. The first-order chi connectivity index (χ1) is 9.35. The van der Waals surface area contributed by atoms with Gasteiger partial charge in [0, 0.05) is 6.04 Å². The molecule has 0 fully saturated rings. The van der Waals surface area contributed by atoms with Crippen molar-refractivity contribution in [1.29, 1.82) is 0 Å². The van der Waals surface area contributed by atoms with Gasteiger partial charge >= 0.3 is 0 Å². The number of nitrogens with two attached hydrogens (primary N) is 1. The first-order valence-electron chi connectivity index (χ1n) is 7.41. The van der Waals surface area contributed by atoms with Gasteiger partial charge in [-0.25, -0.2) is 8.42 Å². The highest BCUT2D eigenvalue weighted by atomic mass is 32.2. The molecule has 4 heteroatoms. The minimum Gasteiger partial charge on any atom is -0.323 e. The molecule has 0 aromatic heterocycles. The second-order valence-corrected chi connectivity index (χ2v) is 7.98. The largest absolute Gasteiger partial charge is 0.323 e. The first kappa shape index (κ1) is 17.2. The summed E-state index contributed by atoms with van der Waals surface area (Å²) in [6.45, 7) is 6.33. The van der Waals surface area contributed by atoms with E-state index in [0.717, 1.165) is 24.8 Å². The molecule has 0 bridgehead atoms. The second kappa shape index (κ2) is 7.79. The van der Waals surface area contributed by atoms with Crippen LogP contribution in [-0.4, -0.2) is 19.9 Å². The molecular weight excluding hydrogens is 270 g/mol. The molecule has 0 saturated carbocycles. The molecule has 0 aliphatic heterocycles. The van der Waals surface area contributed by atoms with E-state index in [2.05, 4.69) is 20.8 Å². The van der Waals surface area contributed by atoms with Gasteiger partial charge in [-0.3, -0.25) is 0 Å². The minimum atomic E-state index is -3.05. The highest BCUT2D eigenvalue weighted by Gasteiger charge is 2.17. The highest BCUT2D eigenvalue weighted by molar-refractivity contribution is 7.91. The van der Waals surface area contributed by atoms with Crippen molar-refractivity contribution in [2.24, 2.45) is 5.73 Å². The van der Waals surface area contributed by atoms with Gasteiger partial charge in [0.2, 0.25) is 0 Å². The number of rotatable bonds is 8. The molecule has 114 valence electrons. The highest BCUT2D eigenvalue weighted by Crippen LogP contribution is 2.19. The molecule has 0 saturated heterocycles. The minimum absolute atomic E-state index is 0.0394. The smallest absolute Gasteiger partial charge is 0.152 e. The van der Waals surface area contributed by atoms with Crippen LogP contribution in [0.3, 0.4) is 0 Å². The predicted molar refractivity (Wildman–Crippen MR) is 85.6 cm³/mol. The van der Waals surface area contributed by atoms with E-state index in [9.17, 15) is 8.42 Å². The maximum absolute atomic E-state index is 12.0. The summed E-state index contributed by atoms with van der Waals surface area (Å²) in [5, 5.41) is 0. The van der Waals surface area contributed by atoms with Crippen molar-refractivity contribution in [2.45, 2.75) is 52.0 Å². The third-order valence-electron chi connectivity index (χ3n) is 3.52. The maximum atomic E-state index is 12.0. The summed E-state index contributed by atoms with van der Waals surface area (Å²) in [5.74, 6) is 0.758. The van der Waals surface area contributed by atoms with Crippen molar-refractivity contribution < 1.29 is 8.42 Å². The molecule has 3 nitrogen and oxygen atoms in total. The number of benzene rings is 1. The molecule has 0 aliphatic carbocycles. The standard InChI is InChI=1S/C16H27NO2S/c1-4-5-6-11-20(18,19)12-16(17)15-9-7-14(8-10-15)13(2)3/h7-10,13,16H,4-6,11-12,17H2,1-3H3. The lowest BCUT2D eigenvalue weighted by atomic mass is 10.00. The number of hydrogen-bond acceptors (Lipinski definition) is 3. The third kappa shape index (κ3) is 5.63. The first-order valence-corrected chi connectivity index (χ1v) is 9.23. The van der Waals surface area contributed by atoms with Gasteiger partial charge < -0.3 is 5.73 Å². The molecule has 0 heterocycles. The Morgan fingerprint density at radius 3 is 2.10 bits per heavy atom. The van der Waals surface area contributed by atoms with Crippen LogP contribution >= 0.6 is 0 Å². The van der Waals surface area contributed by atoms with Gasteiger partial charge in [-0.2, -0.15) is 0 Å². The van der Waals surface area contributed by atoms with E-state index in [-0.39, 0.29) is 11.5 Å². The Morgan fingerprint density at radius 2 is 1.60 bits per heavy atom. The van der Waals surface area contributed by atoms with Gasteiger partial charge in [0.05, 0.1) is 11.5 Å². The summed E-state index contributed by atoms with van der Waals surface area (Å²) in [6, 6.07) is 7.53. The van der Waals surface area contributed by atoms with E-state index in [0.29, 0.717) is 5.92 Å². The van der Waals surface area contributed by atoms with Crippen molar-refractivity contribution in [3.63, 3.8) is 0 Å². The summed E-state index contributed by atoms with van der Waals surface area (Å²) < 4.78 is 24.0. The van der Waals surface area contributed by atoms with Crippen molar-refractivity contribution in [3.05, 3.63) is 35.4 Å². The number of sulfone groups is 1. The van der Waals surface area contributed by atoms with Crippen LogP contribution in [0, 0.1) is 0 Å². The fraction of sp³-hybridized carbons (Fsp3) is 0.625. The SMILES string of the molecule is CCCCCS(=O)(=O)CC(N)c1ccc(C(C)C)cc1. The molecule has 0 spiro atoms. The maximum Gasteiger partial charge on any atom is 0.152 e. The Kier molecular flexibility index (Phi) is 6.69. The van der Waals surface area contributed by atoms with Crippen LogP contribution in [0.25, 0.3) is 0 Å². The van der Waals surface area contributed by atoms with Gasteiger partial charge in [-0.1, -0.05) is 57.9 Å². The fourth-order valence-electron chi connectivity index (χ4n) is 2.15. The van der Waals surface area contributed by atoms with Gasteiger partial charge in [0.1, 0.15) is 0 Å². The Bertz CT molecular complexity index is 492. The predicted octanol–water partition coefficient (Wildman–Crippen LogP) is 3.41. The molecule has 0 radical (unpaired) electrons. The van der Waals surface area contributed by atoms with Crippen LogP contribution in [0.2, 0.25) is 0 Å². The number of unbranched alkanes of at least 4 members (excludes halogenated alkanes) is 2. The zero-order valence-electron chi connectivity index (χ0n) is 12.8. The lowest BCUT2D eigenvalue weighted by Gasteiger charge is -2.14. The summed E-state index contributed by atoms with van der Waals surface area (Å²) >= 11 is 0. The number of hydrogen-bond donors (Lipinski definition) is 1. The van der Waals surface area contributed by atoms with Gasteiger partial charge in [0.15, 0.2) is 9.84 Å². The molecule has 0 aliphatic rings. The summed E-state index contributed by atoms with van der Waals surface area (Å²) in [6.07, 6.45) is 2.72. The van der Waals surface area contributed by atoms with Crippen LogP contribution < -0.4 is 5.73 Å². The van der Waals surface area contributed by atoms with E-state index in [1.54, 1.807) is 0 Å². The lowest BCUT2D eigenvalue weighted by molar-refractivity contribution is 0.584. The summed E-state index contributed by atoms with van der Waals surface area (Å²) in [5.41, 5.74) is 8.17. The average Bonchev–Trinajstić information content (AvgIpc) is 2.38. The lowest BCUT2D eigenvalue weighted by Crippen LogP contribution is -2.23. The zero-order chi connectivity index (χ0) is 15.2. The monoisotopic (exact) mass is 297 g/mol. The van der Waals surface area contributed by atoms with Crippen LogP contribution in [0.4, 0.5) is 0 Å². The molecule has 20 heavy (non-hydrogen) atoms. The average molecular weight is 297 g/mol. The Hall–Kier alpha value is -0.870. The van der Waals surface area contributed by atoms with Gasteiger partial charge in [-0.05, 0) is 23.5 Å². The normalized spacial score (nSPS) is 13.7. The van der Waals surface area contributed by atoms with Crippen molar-refractivity contribution in [1.82, 2.24) is 0 Å². The quantitative estimate of drug-likeness (QED) is 0.748. The van der Waals surface area contributed by atoms with Crippen molar-refractivity contribution >= 4 is 9.84 Å². The third-order valence-corrected chi connectivity index (χ3v) is 5.30. The van der Waals surface area contributed by atoms with E-state index in [1.807, 2.05) is 24.3 Å². The van der Waals surface area contributed by atoms with Crippen molar-refractivity contribution in [3.8, 4) is 0 Å². The van der Waals surface area contributed by atoms with E-state index in [1.165, 1.54) is 5.56 Å². The van der Waals surface area contributed by atoms with Crippen LogP contribution in [0.15, 0.2) is 24.3 Å². The van der Waals surface area contributed by atoms with Gasteiger partial charge in [0.25, 0.3) is 0 Å². The van der Waals surface area contributed by atoms with Crippen LogP contribution in [0.5, 0.6) is 0 Å². The van der Waals surface area contributed by atoms with E-state index in [4.69, 9.17) is 5.73 Å². The summed E-state index contributed by atoms with van der Waals surface area (Å²) in [7, 11) is -3.05. The van der Waals surface area contributed by atoms with Crippen molar-refractivity contribution in [2.75, 3.05) is 11.5 Å². The molecule has 0 amide bonds.